The average Bonchev–Trinajstić information content (AvgIpc) is 2.79. The molecule has 0 spiro atoms. The molecule has 2 aromatic rings. The molecule has 3 rings (SSSR count). The summed E-state index contributed by atoms with van der Waals surface area (Å²) < 4.78 is 32.7. The van der Waals surface area contributed by atoms with E-state index in [4.69, 9.17) is 4.74 Å². The van der Waals surface area contributed by atoms with Crippen LogP contribution in [0.15, 0.2) is 47.4 Å². The highest BCUT2D eigenvalue weighted by Crippen LogP contribution is 2.30. The number of esters is 1. The smallest absolute Gasteiger partial charge is 0.338 e. The normalized spacial score (nSPS) is 18.8. The van der Waals surface area contributed by atoms with E-state index in [0.29, 0.717) is 5.69 Å². The van der Waals surface area contributed by atoms with Crippen molar-refractivity contribution in [3.05, 3.63) is 63.7 Å². The number of carbonyl (C=O) groups excluding carboxylic acids is 2. The van der Waals surface area contributed by atoms with Gasteiger partial charge in [-0.2, -0.15) is 4.31 Å². The minimum absolute atomic E-state index is 0.0767. The van der Waals surface area contributed by atoms with Gasteiger partial charge in [0.25, 0.3) is 11.6 Å². The van der Waals surface area contributed by atoms with Gasteiger partial charge in [-0.15, -0.1) is 0 Å². The third-order valence-corrected chi connectivity index (χ3v) is 7.84. The van der Waals surface area contributed by atoms with Crippen LogP contribution >= 0.6 is 0 Å². The Balaban J connectivity index is 1.82. The molecule has 1 heterocycles. The lowest BCUT2D eigenvalue weighted by Crippen LogP contribution is -2.47. The van der Waals surface area contributed by atoms with Crippen LogP contribution in [0, 0.1) is 10.1 Å². The largest absolute Gasteiger partial charge is 0.462 e. The molecule has 0 saturated carbocycles. The Kier molecular flexibility index (Phi) is 7.68. The number of piperidine rings is 1. The van der Waals surface area contributed by atoms with Crippen LogP contribution in [0.4, 0.5) is 11.4 Å². The SMILES string of the molecule is CCOC(=O)c1cc(C(=O)Nc2ccc(S(=O)(=O)N3C(C)CCCC3C)cc2)cc([N+](=O)[O-])c1. The molecule has 1 N–H and O–H groups in total. The lowest BCUT2D eigenvalue weighted by Gasteiger charge is -2.37. The Morgan fingerprint density at radius 2 is 1.68 bits per heavy atom. The van der Waals surface area contributed by atoms with Crippen LogP contribution in [-0.2, 0) is 14.8 Å². The lowest BCUT2D eigenvalue weighted by atomic mass is 10.0. The van der Waals surface area contributed by atoms with Gasteiger partial charge in [0, 0.05) is 35.5 Å². The molecule has 2 unspecified atom stereocenters. The molecule has 1 aliphatic heterocycles. The second-order valence-electron chi connectivity index (χ2n) is 8.19. The number of sulfonamides is 1. The number of amides is 1. The molecule has 1 amide bonds. The maximum absolute atomic E-state index is 13.1. The second-order valence-corrected chi connectivity index (χ2v) is 10.0. The number of rotatable bonds is 7. The first kappa shape index (κ1) is 25.3. The van der Waals surface area contributed by atoms with E-state index in [2.05, 4.69) is 5.32 Å². The molecule has 10 nitrogen and oxygen atoms in total. The van der Waals surface area contributed by atoms with Crippen molar-refractivity contribution in [1.82, 2.24) is 4.31 Å². The number of hydrogen-bond acceptors (Lipinski definition) is 7. The molecule has 0 bridgehead atoms. The molecular weight excluding hydrogens is 462 g/mol. The first-order chi connectivity index (χ1) is 16.0. The number of nitro benzene ring substituents is 1. The number of ether oxygens (including phenoxy) is 1. The third kappa shape index (κ3) is 5.42. The molecule has 0 radical (unpaired) electrons. The lowest BCUT2D eigenvalue weighted by molar-refractivity contribution is -0.384. The standard InChI is InChI=1S/C23H27N3O7S/c1-4-33-23(28)18-12-17(13-20(14-18)26(29)30)22(27)24-19-8-10-21(11-9-19)34(31,32)25-15(2)6-5-7-16(25)3/h8-16H,4-7H2,1-3H3,(H,24,27). The number of benzene rings is 2. The number of anilines is 1. The van der Waals surface area contributed by atoms with Crippen molar-refractivity contribution in [3.63, 3.8) is 0 Å². The van der Waals surface area contributed by atoms with Crippen molar-refractivity contribution in [2.24, 2.45) is 0 Å². The van der Waals surface area contributed by atoms with Gasteiger partial charge < -0.3 is 10.1 Å². The quantitative estimate of drug-likeness (QED) is 0.353. The maximum Gasteiger partial charge on any atom is 0.338 e. The summed E-state index contributed by atoms with van der Waals surface area (Å²) in [4.78, 5) is 35.4. The van der Waals surface area contributed by atoms with Crippen LogP contribution in [0.25, 0.3) is 0 Å². The summed E-state index contributed by atoms with van der Waals surface area (Å²) >= 11 is 0. The first-order valence-corrected chi connectivity index (χ1v) is 12.4. The molecule has 1 fully saturated rings. The molecule has 1 saturated heterocycles. The van der Waals surface area contributed by atoms with Crippen LogP contribution in [0.1, 0.15) is 60.7 Å². The molecular formula is C23H27N3O7S. The van der Waals surface area contributed by atoms with Crippen molar-refractivity contribution in [2.45, 2.75) is 57.0 Å². The number of carbonyl (C=O) groups is 2. The van der Waals surface area contributed by atoms with Crippen molar-refractivity contribution < 1.29 is 27.7 Å². The Bertz CT molecular complexity index is 1190. The number of hydrogen-bond donors (Lipinski definition) is 1. The third-order valence-electron chi connectivity index (χ3n) is 5.70. The van der Waals surface area contributed by atoms with E-state index in [1.54, 1.807) is 6.92 Å². The predicted molar refractivity (Wildman–Crippen MR) is 125 cm³/mol. The molecule has 1 aliphatic rings. The Morgan fingerprint density at radius 1 is 1.09 bits per heavy atom. The highest BCUT2D eigenvalue weighted by molar-refractivity contribution is 7.89. The second kappa shape index (κ2) is 10.3. The van der Waals surface area contributed by atoms with Crippen LogP contribution in [0.2, 0.25) is 0 Å². The van der Waals surface area contributed by atoms with E-state index < -0.39 is 32.5 Å². The molecule has 2 atom stereocenters. The Labute approximate surface area is 198 Å². The van der Waals surface area contributed by atoms with Gasteiger partial charge in [-0.1, -0.05) is 6.42 Å². The van der Waals surface area contributed by atoms with Gasteiger partial charge in [-0.25, -0.2) is 13.2 Å². The number of nitrogens with zero attached hydrogens (tertiary/aromatic N) is 2. The maximum atomic E-state index is 13.1. The fourth-order valence-corrected chi connectivity index (χ4v) is 5.97. The van der Waals surface area contributed by atoms with Crippen LogP contribution in [0.3, 0.4) is 0 Å². The zero-order valence-electron chi connectivity index (χ0n) is 19.2. The summed E-state index contributed by atoms with van der Waals surface area (Å²) in [7, 11) is -3.70. The molecule has 0 aliphatic carbocycles. The minimum Gasteiger partial charge on any atom is -0.462 e. The summed E-state index contributed by atoms with van der Waals surface area (Å²) in [6.07, 6.45) is 2.58. The summed E-state index contributed by atoms with van der Waals surface area (Å²) in [5.74, 6) is -1.47. The number of nitro groups is 1. The van der Waals surface area contributed by atoms with E-state index in [9.17, 15) is 28.1 Å². The topological polar surface area (TPSA) is 136 Å². The zero-order valence-corrected chi connectivity index (χ0v) is 20.0. The van der Waals surface area contributed by atoms with Crippen molar-refractivity contribution in [2.75, 3.05) is 11.9 Å². The van der Waals surface area contributed by atoms with Crippen LogP contribution < -0.4 is 5.32 Å². The average molecular weight is 490 g/mol. The molecule has 34 heavy (non-hydrogen) atoms. The Hall–Kier alpha value is -3.31. The summed E-state index contributed by atoms with van der Waals surface area (Å²) in [6, 6.07) is 8.82. The van der Waals surface area contributed by atoms with Gasteiger partial charge in [0.2, 0.25) is 10.0 Å². The Morgan fingerprint density at radius 3 is 2.24 bits per heavy atom. The van der Waals surface area contributed by atoms with Crippen molar-refractivity contribution in [3.8, 4) is 0 Å². The summed E-state index contributed by atoms with van der Waals surface area (Å²) in [6.45, 7) is 5.46. The monoisotopic (exact) mass is 489 g/mol. The van der Waals surface area contributed by atoms with E-state index in [-0.39, 0.29) is 34.7 Å². The van der Waals surface area contributed by atoms with Gasteiger partial charge >= 0.3 is 5.97 Å². The van der Waals surface area contributed by atoms with Crippen molar-refractivity contribution in [1.29, 1.82) is 0 Å². The summed E-state index contributed by atoms with van der Waals surface area (Å²) in [5.41, 5.74) is -0.355. The van der Waals surface area contributed by atoms with E-state index in [1.807, 2.05) is 13.8 Å². The first-order valence-electron chi connectivity index (χ1n) is 11.0. The fraction of sp³-hybridized carbons (Fsp3) is 0.391. The highest BCUT2D eigenvalue weighted by atomic mass is 32.2. The van der Waals surface area contributed by atoms with Gasteiger partial charge in [-0.05, 0) is 63.9 Å². The summed E-state index contributed by atoms with van der Waals surface area (Å²) in [5, 5.41) is 13.8. The van der Waals surface area contributed by atoms with Crippen molar-refractivity contribution >= 4 is 33.3 Å². The van der Waals surface area contributed by atoms with E-state index in [1.165, 1.54) is 34.6 Å². The number of nitrogens with one attached hydrogen (secondary N) is 1. The molecule has 11 heteroatoms. The van der Waals surface area contributed by atoms with Gasteiger partial charge in [0.05, 0.1) is 22.0 Å². The van der Waals surface area contributed by atoms with Gasteiger partial charge in [0.15, 0.2) is 0 Å². The minimum atomic E-state index is -3.70. The van der Waals surface area contributed by atoms with E-state index >= 15 is 0 Å². The molecule has 2 aromatic carbocycles. The van der Waals surface area contributed by atoms with E-state index in [0.717, 1.165) is 31.4 Å². The fourth-order valence-electron chi connectivity index (χ4n) is 4.09. The number of non-ortho nitro benzene ring substituents is 1. The van der Waals surface area contributed by atoms with Crippen LogP contribution in [0.5, 0.6) is 0 Å². The molecule has 182 valence electrons. The molecule has 0 aromatic heterocycles. The zero-order chi connectivity index (χ0) is 25.0. The predicted octanol–water partition coefficient (Wildman–Crippen LogP) is 3.98. The van der Waals surface area contributed by atoms with Crippen LogP contribution in [-0.4, -0.2) is 48.2 Å². The highest BCUT2D eigenvalue weighted by Gasteiger charge is 2.35. The van der Waals surface area contributed by atoms with Gasteiger partial charge in [0.1, 0.15) is 0 Å². The van der Waals surface area contributed by atoms with Gasteiger partial charge in [-0.3, -0.25) is 14.9 Å².